The Hall–Kier alpha value is -2.21. The van der Waals surface area contributed by atoms with E-state index in [4.69, 9.17) is 14.2 Å². The summed E-state index contributed by atoms with van der Waals surface area (Å²) in [6.45, 7) is 1.81. The Balaban J connectivity index is 2.00. The van der Waals surface area contributed by atoms with E-state index in [-0.39, 0.29) is 18.6 Å². The summed E-state index contributed by atoms with van der Waals surface area (Å²) in [7, 11) is 3.19. The second-order valence-electron chi connectivity index (χ2n) is 5.12. The lowest BCUT2D eigenvalue weighted by atomic mass is 10.1. The molecule has 0 aromatic heterocycles. The highest BCUT2D eigenvalue weighted by Gasteiger charge is 2.16. The number of para-hydroxylation sites is 1. The third-order valence-corrected chi connectivity index (χ3v) is 4.13. The molecule has 0 bridgehead atoms. The first kappa shape index (κ1) is 18.1. The first-order valence-corrected chi connectivity index (χ1v) is 8.23. The van der Waals surface area contributed by atoms with Crippen molar-refractivity contribution >= 4 is 21.8 Å². The maximum Gasteiger partial charge on any atom is 0.258 e. The van der Waals surface area contributed by atoms with Crippen LogP contribution in [0.15, 0.2) is 46.9 Å². The molecular formula is C18H20BrNO4. The quantitative estimate of drug-likeness (QED) is 0.778. The van der Waals surface area contributed by atoms with E-state index >= 15 is 0 Å². The van der Waals surface area contributed by atoms with E-state index in [1.54, 1.807) is 20.3 Å². The Bertz CT molecular complexity index is 705. The Morgan fingerprint density at radius 1 is 1.12 bits per heavy atom. The summed E-state index contributed by atoms with van der Waals surface area (Å²) in [6.07, 6.45) is 0. The topological polar surface area (TPSA) is 56.8 Å². The minimum Gasteiger partial charge on any atom is -0.497 e. The van der Waals surface area contributed by atoms with E-state index in [9.17, 15) is 4.79 Å². The summed E-state index contributed by atoms with van der Waals surface area (Å²) in [4.78, 5) is 12.1. The van der Waals surface area contributed by atoms with E-state index in [0.29, 0.717) is 17.2 Å². The first-order valence-electron chi connectivity index (χ1n) is 7.43. The standard InChI is InChI=1S/C18H20BrNO4/c1-12(14-10-13(22-2)8-9-16(14)23-3)20-18(21)11-24-17-7-5-4-6-15(17)19/h4-10,12H,11H2,1-3H3,(H,20,21)/t12-/m1/s1. The van der Waals surface area contributed by atoms with Gasteiger partial charge in [0, 0.05) is 5.56 Å². The number of ether oxygens (including phenoxy) is 3. The molecule has 0 unspecified atom stereocenters. The van der Waals surface area contributed by atoms with Crippen molar-refractivity contribution in [1.29, 1.82) is 0 Å². The number of halogens is 1. The zero-order valence-electron chi connectivity index (χ0n) is 13.8. The molecule has 1 amide bonds. The van der Waals surface area contributed by atoms with Crippen molar-refractivity contribution in [1.82, 2.24) is 5.32 Å². The third-order valence-electron chi connectivity index (χ3n) is 3.48. The third kappa shape index (κ3) is 4.64. The summed E-state index contributed by atoms with van der Waals surface area (Å²) in [6, 6.07) is 12.6. The maximum absolute atomic E-state index is 12.1. The van der Waals surface area contributed by atoms with Crippen molar-refractivity contribution in [2.75, 3.05) is 20.8 Å². The van der Waals surface area contributed by atoms with E-state index in [0.717, 1.165) is 10.0 Å². The van der Waals surface area contributed by atoms with Crippen LogP contribution >= 0.6 is 15.9 Å². The van der Waals surface area contributed by atoms with Crippen LogP contribution in [0.3, 0.4) is 0 Å². The maximum atomic E-state index is 12.1. The molecule has 0 aliphatic carbocycles. The van der Waals surface area contributed by atoms with Gasteiger partial charge in [-0.05, 0) is 53.2 Å². The molecule has 2 aromatic rings. The van der Waals surface area contributed by atoms with Crippen molar-refractivity contribution in [2.45, 2.75) is 13.0 Å². The van der Waals surface area contributed by atoms with Crippen molar-refractivity contribution < 1.29 is 19.0 Å². The normalized spacial score (nSPS) is 11.5. The number of amides is 1. The minimum atomic E-state index is -0.245. The molecule has 6 heteroatoms. The average molecular weight is 394 g/mol. The SMILES string of the molecule is COc1ccc(OC)c([C@@H](C)NC(=O)COc2ccccc2Br)c1. The molecule has 2 aromatic carbocycles. The molecule has 2 rings (SSSR count). The molecule has 0 saturated carbocycles. The second kappa shape index (κ2) is 8.59. The molecule has 5 nitrogen and oxygen atoms in total. The molecular weight excluding hydrogens is 374 g/mol. The Kier molecular flexibility index (Phi) is 6.49. The lowest BCUT2D eigenvalue weighted by Crippen LogP contribution is -2.31. The number of hydrogen-bond acceptors (Lipinski definition) is 4. The average Bonchev–Trinajstić information content (AvgIpc) is 2.60. The van der Waals surface area contributed by atoms with Crippen LogP contribution in [-0.2, 0) is 4.79 Å². The van der Waals surface area contributed by atoms with E-state index < -0.39 is 0 Å². The fourth-order valence-corrected chi connectivity index (χ4v) is 2.64. The van der Waals surface area contributed by atoms with Crippen LogP contribution in [0.4, 0.5) is 0 Å². The van der Waals surface area contributed by atoms with Crippen LogP contribution in [0.1, 0.15) is 18.5 Å². The summed E-state index contributed by atoms with van der Waals surface area (Å²) < 4.78 is 16.9. The molecule has 0 saturated heterocycles. The van der Waals surface area contributed by atoms with E-state index in [1.165, 1.54) is 0 Å². The first-order chi connectivity index (χ1) is 11.5. The van der Waals surface area contributed by atoms with Gasteiger partial charge in [-0.25, -0.2) is 0 Å². The number of carbonyl (C=O) groups excluding carboxylic acids is 1. The van der Waals surface area contributed by atoms with Gasteiger partial charge in [0.25, 0.3) is 5.91 Å². The second-order valence-corrected chi connectivity index (χ2v) is 5.97. The van der Waals surface area contributed by atoms with Gasteiger partial charge in [0.15, 0.2) is 6.61 Å². The Morgan fingerprint density at radius 3 is 2.54 bits per heavy atom. The molecule has 0 aliphatic heterocycles. The van der Waals surface area contributed by atoms with Crippen LogP contribution in [0, 0.1) is 0 Å². The highest BCUT2D eigenvalue weighted by Crippen LogP contribution is 2.29. The van der Waals surface area contributed by atoms with Crippen LogP contribution in [0.25, 0.3) is 0 Å². The summed E-state index contributed by atoms with van der Waals surface area (Å²) in [5.74, 6) is 1.80. The summed E-state index contributed by atoms with van der Waals surface area (Å²) in [5.41, 5.74) is 0.839. The van der Waals surface area contributed by atoms with Gasteiger partial charge < -0.3 is 19.5 Å². The Morgan fingerprint density at radius 2 is 1.88 bits per heavy atom. The van der Waals surface area contributed by atoms with Crippen LogP contribution in [-0.4, -0.2) is 26.7 Å². The predicted octanol–water partition coefficient (Wildman–Crippen LogP) is 3.72. The fourth-order valence-electron chi connectivity index (χ4n) is 2.24. The number of nitrogens with one attached hydrogen (secondary N) is 1. The van der Waals surface area contributed by atoms with E-state index in [1.807, 2.05) is 43.3 Å². The number of carbonyl (C=O) groups is 1. The largest absolute Gasteiger partial charge is 0.497 e. The zero-order chi connectivity index (χ0) is 17.5. The van der Waals surface area contributed by atoms with Crippen LogP contribution in [0.5, 0.6) is 17.2 Å². The Labute approximate surface area is 150 Å². The molecule has 0 fully saturated rings. The smallest absolute Gasteiger partial charge is 0.258 e. The monoisotopic (exact) mass is 393 g/mol. The molecule has 1 atom stereocenters. The molecule has 128 valence electrons. The molecule has 0 aliphatic rings. The molecule has 0 spiro atoms. The van der Waals surface area contributed by atoms with Gasteiger partial charge in [-0.3, -0.25) is 4.79 Å². The van der Waals surface area contributed by atoms with Crippen molar-refractivity contribution in [2.24, 2.45) is 0 Å². The summed E-state index contributed by atoms with van der Waals surface area (Å²) in [5, 5.41) is 2.90. The van der Waals surface area contributed by atoms with Gasteiger partial charge in [-0.2, -0.15) is 0 Å². The lowest BCUT2D eigenvalue weighted by Gasteiger charge is -2.18. The highest BCUT2D eigenvalue weighted by atomic mass is 79.9. The van der Waals surface area contributed by atoms with Crippen LogP contribution < -0.4 is 19.5 Å². The van der Waals surface area contributed by atoms with Gasteiger partial charge >= 0.3 is 0 Å². The van der Waals surface area contributed by atoms with Crippen LogP contribution in [0.2, 0.25) is 0 Å². The molecule has 1 N–H and O–H groups in total. The van der Waals surface area contributed by atoms with Gasteiger partial charge in [-0.15, -0.1) is 0 Å². The highest BCUT2D eigenvalue weighted by molar-refractivity contribution is 9.10. The van der Waals surface area contributed by atoms with Crippen molar-refractivity contribution in [3.05, 3.63) is 52.5 Å². The van der Waals surface area contributed by atoms with Gasteiger partial charge in [-0.1, -0.05) is 12.1 Å². The van der Waals surface area contributed by atoms with Crippen molar-refractivity contribution in [3.8, 4) is 17.2 Å². The number of hydrogen-bond donors (Lipinski definition) is 1. The number of methoxy groups -OCH3 is 2. The van der Waals surface area contributed by atoms with Crippen molar-refractivity contribution in [3.63, 3.8) is 0 Å². The molecule has 24 heavy (non-hydrogen) atoms. The molecule has 0 heterocycles. The van der Waals surface area contributed by atoms with Gasteiger partial charge in [0.05, 0.1) is 24.7 Å². The van der Waals surface area contributed by atoms with Gasteiger partial charge in [0.2, 0.25) is 0 Å². The fraction of sp³-hybridized carbons (Fsp3) is 0.278. The van der Waals surface area contributed by atoms with E-state index in [2.05, 4.69) is 21.2 Å². The van der Waals surface area contributed by atoms with Gasteiger partial charge in [0.1, 0.15) is 17.2 Å². The number of rotatable bonds is 7. The lowest BCUT2D eigenvalue weighted by molar-refractivity contribution is -0.123. The molecule has 0 radical (unpaired) electrons. The zero-order valence-corrected chi connectivity index (χ0v) is 15.4. The number of benzene rings is 2. The predicted molar refractivity (Wildman–Crippen MR) is 95.7 cm³/mol. The minimum absolute atomic E-state index is 0.0702. The summed E-state index contributed by atoms with van der Waals surface area (Å²) >= 11 is 3.38.